The summed E-state index contributed by atoms with van der Waals surface area (Å²) in [5.41, 5.74) is 8.82. The van der Waals surface area contributed by atoms with Gasteiger partial charge >= 0.3 is 0 Å². The summed E-state index contributed by atoms with van der Waals surface area (Å²) in [7, 11) is 0. The van der Waals surface area contributed by atoms with Crippen LogP contribution in [0.5, 0.6) is 0 Å². The minimum absolute atomic E-state index is 0.237. The fraction of sp³-hybridized carbons (Fsp3) is 0.0952. The van der Waals surface area contributed by atoms with Crippen molar-refractivity contribution in [1.82, 2.24) is 15.3 Å². The van der Waals surface area contributed by atoms with Crippen LogP contribution in [0.4, 0.5) is 4.39 Å². The maximum atomic E-state index is 13.7. The molecule has 0 aliphatic heterocycles. The first-order valence-corrected chi connectivity index (χ1v) is 8.76. The number of amides is 1. The lowest BCUT2D eigenvalue weighted by Gasteiger charge is -2.08. The second-order valence-electron chi connectivity index (χ2n) is 6.38. The zero-order valence-corrected chi connectivity index (χ0v) is 14.8. The van der Waals surface area contributed by atoms with E-state index in [4.69, 9.17) is 5.73 Å². The number of nitrogens with one attached hydrogen (secondary N) is 2. The number of nitrogens with zero attached hydrogens (tertiary/aromatic N) is 1. The molecule has 0 aliphatic carbocycles. The van der Waals surface area contributed by atoms with Crippen molar-refractivity contribution in [3.8, 4) is 11.3 Å². The van der Waals surface area contributed by atoms with Crippen LogP contribution in [-0.2, 0) is 0 Å². The zero-order chi connectivity index (χ0) is 19.7. The number of hydrogen-bond donors (Lipinski definition) is 3. The lowest BCUT2D eigenvalue weighted by Crippen LogP contribution is -2.29. The van der Waals surface area contributed by atoms with E-state index in [2.05, 4.69) is 15.3 Å². The molecule has 0 atom stereocenters. The molecule has 0 fully saturated rings. The Morgan fingerprint density at radius 1 is 1.14 bits per heavy atom. The van der Waals surface area contributed by atoms with E-state index in [1.165, 1.54) is 12.1 Å². The van der Waals surface area contributed by atoms with Crippen molar-refractivity contribution in [3.05, 3.63) is 65.6 Å². The minimum atomic E-state index is -0.357. The van der Waals surface area contributed by atoms with Crippen LogP contribution in [-0.4, -0.2) is 35.3 Å². The first kappa shape index (κ1) is 17.8. The second-order valence-corrected chi connectivity index (χ2v) is 6.38. The average Bonchev–Trinajstić information content (AvgIpc) is 3.08. The summed E-state index contributed by atoms with van der Waals surface area (Å²) in [5.74, 6) is -0.695. The first-order chi connectivity index (χ1) is 13.6. The highest BCUT2D eigenvalue weighted by Crippen LogP contribution is 2.33. The fourth-order valence-corrected chi connectivity index (χ4v) is 3.19. The van der Waals surface area contributed by atoms with Gasteiger partial charge in [0.1, 0.15) is 17.8 Å². The molecule has 28 heavy (non-hydrogen) atoms. The highest BCUT2D eigenvalue weighted by molar-refractivity contribution is 6.13. The number of carbonyl (C=O) groups excluding carboxylic acids is 2. The van der Waals surface area contributed by atoms with Crippen LogP contribution in [0.25, 0.3) is 33.1 Å². The van der Waals surface area contributed by atoms with Crippen molar-refractivity contribution in [2.75, 3.05) is 13.1 Å². The van der Waals surface area contributed by atoms with Crippen LogP contribution in [0.15, 0.2) is 48.5 Å². The van der Waals surface area contributed by atoms with E-state index in [-0.39, 0.29) is 17.4 Å². The number of benzene rings is 2. The van der Waals surface area contributed by atoms with Gasteiger partial charge in [-0.1, -0.05) is 24.3 Å². The minimum Gasteiger partial charge on any atom is -0.353 e. The van der Waals surface area contributed by atoms with Crippen molar-refractivity contribution in [2.24, 2.45) is 5.73 Å². The molecule has 0 bridgehead atoms. The third kappa shape index (κ3) is 3.12. The molecule has 7 heteroatoms. The standard InChI is InChI=1S/C21H17FN4O2/c22-14-5-6-15-16-10-18(21(28)24-8-7-23)26-19(20(16)25-17(15)9-14)13-3-1-12(11-27)2-4-13/h1-6,9-11,25H,7-8,23H2,(H,24,28). The predicted octanol–water partition coefficient (Wildman–Crippen LogP) is 3.02. The summed E-state index contributed by atoms with van der Waals surface area (Å²) in [6.07, 6.45) is 0.759. The fourth-order valence-electron chi connectivity index (χ4n) is 3.19. The summed E-state index contributed by atoms with van der Waals surface area (Å²) in [4.78, 5) is 31.2. The Morgan fingerprint density at radius 3 is 2.64 bits per heavy atom. The van der Waals surface area contributed by atoms with E-state index in [0.717, 1.165) is 22.6 Å². The van der Waals surface area contributed by atoms with E-state index in [1.807, 2.05) is 0 Å². The molecule has 0 unspecified atom stereocenters. The number of halogens is 1. The van der Waals surface area contributed by atoms with E-state index in [9.17, 15) is 14.0 Å². The van der Waals surface area contributed by atoms with Crippen LogP contribution in [0.1, 0.15) is 20.8 Å². The van der Waals surface area contributed by atoms with Crippen molar-refractivity contribution in [1.29, 1.82) is 0 Å². The molecule has 2 aromatic carbocycles. The number of nitrogens with two attached hydrogens (primary N) is 1. The number of aromatic nitrogens is 2. The van der Waals surface area contributed by atoms with E-state index < -0.39 is 0 Å². The highest BCUT2D eigenvalue weighted by Gasteiger charge is 2.17. The molecule has 0 saturated carbocycles. The molecular formula is C21H17FN4O2. The lowest BCUT2D eigenvalue weighted by atomic mass is 10.0. The van der Waals surface area contributed by atoms with Crippen LogP contribution in [0.3, 0.4) is 0 Å². The second kappa shape index (κ2) is 7.21. The molecule has 0 spiro atoms. The Morgan fingerprint density at radius 2 is 1.93 bits per heavy atom. The average molecular weight is 376 g/mol. The number of H-pyrrole nitrogens is 1. The zero-order valence-electron chi connectivity index (χ0n) is 14.8. The van der Waals surface area contributed by atoms with Crippen molar-refractivity contribution < 1.29 is 14.0 Å². The summed E-state index contributed by atoms with van der Waals surface area (Å²) in [6, 6.07) is 13.0. The van der Waals surface area contributed by atoms with Crippen molar-refractivity contribution >= 4 is 34.0 Å². The maximum Gasteiger partial charge on any atom is 0.269 e. The number of aromatic amines is 1. The molecule has 4 N–H and O–H groups in total. The third-order valence-electron chi connectivity index (χ3n) is 4.53. The smallest absolute Gasteiger partial charge is 0.269 e. The molecule has 0 saturated heterocycles. The molecule has 2 heterocycles. The number of carbonyl (C=O) groups is 2. The Hall–Kier alpha value is -3.58. The maximum absolute atomic E-state index is 13.7. The van der Waals surface area contributed by atoms with Gasteiger partial charge in [0.2, 0.25) is 0 Å². The van der Waals surface area contributed by atoms with Crippen LogP contribution in [0.2, 0.25) is 0 Å². The third-order valence-corrected chi connectivity index (χ3v) is 4.53. The summed E-state index contributed by atoms with van der Waals surface area (Å²) < 4.78 is 13.7. The van der Waals surface area contributed by atoms with Gasteiger partial charge in [-0.2, -0.15) is 0 Å². The monoisotopic (exact) mass is 376 g/mol. The lowest BCUT2D eigenvalue weighted by molar-refractivity contribution is 0.0950. The van der Waals surface area contributed by atoms with Gasteiger partial charge in [-0.05, 0) is 24.3 Å². The topological polar surface area (TPSA) is 101 Å². The van der Waals surface area contributed by atoms with E-state index in [0.29, 0.717) is 35.4 Å². The number of aldehydes is 1. The van der Waals surface area contributed by atoms with Gasteiger partial charge in [0.05, 0.1) is 11.2 Å². The Labute approximate surface area is 159 Å². The van der Waals surface area contributed by atoms with Gasteiger partial charge < -0.3 is 16.0 Å². The molecule has 6 nitrogen and oxygen atoms in total. The Kier molecular flexibility index (Phi) is 4.58. The molecule has 0 aliphatic rings. The normalized spacial score (nSPS) is 11.1. The Balaban J connectivity index is 1.97. The highest BCUT2D eigenvalue weighted by atomic mass is 19.1. The molecule has 0 radical (unpaired) electrons. The largest absolute Gasteiger partial charge is 0.353 e. The molecule has 4 aromatic rings. The Bertz CT molecular complexity index is 1200. The summed E-state index contributed by atoms with van der Waals surface area (Å²) in [5, 5.41) is 4.27. The van der Waals surface area contributed by atoms with Gasteiger partial charge in [0.15, 0.2) is 0 Å². The number of rotatable bonds is 5. The summed E-state index contributed by atoms with van der Waals surface area (Å²) >= 11 is 0. The van der Waals surface area contributed by atoms with Gasteiger partial charge in [-0.25, -0.2) is 9.37 Å². The SMILES string of the molecule is NCCNC(=O)c1cc2c([nH]c3cc(F)ccc32)c(-c2ccc(C=O)cc2)n1. The number of fused-ring (bicyclic) bond motifs is 3. The molecular weight excluding hydrogens is 359 g/mol. The molecule has 140 valence electrons. The van der Waals surface area contributed by atoms with Gasteiger partial charge in [-0.15, -0.1) is 0 Å². The quantitative estimate of drug-likeness (QED) is 0.466. The predicted molar refractivity (Wildman–Crippen MR) is 106 cm³/mol. The van der Waals surface area contributed by atoms with E-state index in [1.54, 1.807) is 36.4 Å². The van der Waals surface area contributed by atoms with Gasteiger partial charge in [-0.3, -0.25) is 9.59 Å². The molecule has 4 rings (SSSR count). The number of hydrogen-bond acceptors (Lipinski definition) is 4. The van der Waals surface area contributed by atoms with E-state index >= 15 is 0 Å². The molecule has 1 amide bonds. The first-order valence-electron chi connectivity index (χ1n) is 8.76. The van der Waals surface area contributed by atoms with Crippen molar-refractivity contribution in [2.45, 2.75) is 0 Å². The van der Waals surface area contributed by atoms with Crippen LogP contribution < -0.4 is 11.1 Å². The molecule has 2 aromatic heterocycles. The van der Waals surface area contributed by atoms with Crippen molar-refractivity contribution in [3.63, 3.8) is 0 Å². The number of pyridine rings is 1. The van der Waals surface area contributed by atoms with Crippen LogP contribution >= 0.6 is 0 Å². The van der Waals surface area contributed by atoms with Crippen LogP contribution in [0, 0.1) is 5.82 Å². The summed E-state index contributed by atoms with van der Waals surface area (Å²) in [6.45, 7) is 0.654. The van der Waals surface area contributed by atoms with Gasteiger partial charge in [0, 0.05) is 40.5 Å². The van der Waals surface area contributed by atoms with Gasteiger partial charge in [0.25, 0.3) is 5.91 Å².